The normalized spacial score (nSPS) is 12.7. The van der Waals surface area contributed by atoms with Crippen molar-refractivity contribution in [1.82, 2.24) is 4.98 Å². The van der Waals surface area contributed by atoms with Crippen molar-refractivity contribution in [3.05, 3.63) is 42.2 Å². The van der Waals surface area contributed by atoms with Gasteiger partial charge in [0.15, 0.2) is 5.75 Å². The Labute approximate surface area is 172 Å². The van der Waals surface area contributed by atoms with Crippen LogP contribution < -0.4 is 9.50 Å². The first kappa shape index (κ1) is 22.7. The SMILES string of the molecule is O=C(Nc1cc(F)c(-c2nc3ccccc3s2)cc1OS(=O)(=O)C(F)(F)F)C(F)(F)F. The summed E-state index contributed by atoms with van der Waals surface area (Å²) in [5.41, 5.74) is -7.40. The molecule has 0 saturated carbocycles. The standard InChI is InChI=1S/C16H7F7N2O4S2/c17-8-6-10(25-14(26)15(18,19)20)11(29-31(27,28)16(21,22)23)5-7(8)13-24-9-3-1-2-4-12(9)30-13/h1-6H,(H,25,26). The Morgan fingerprint density at radius 3 is 2.29 bits per heavy atom. The number of hydrogen-bond acceptors (Lipinski definition) is 6. The van der Waals surface area contributed by atoms with Gasteiger partial charge in [0.05, 0.1) is 21.5 Å². The lowest BCUT2D eigenvalue weighted by Crippen LogP contribution is -2.31. The average molecular weight is 488 g/mol. The summed E-state index contributed by atoms with van der Waals surface area (Å²) >= 11 is 0.875. The third-order valence-electron chi connectivity index (χ3n) is 3.58. The summed E-state index contributed by atoms with van der Waals surface area (Å²) in [6.45, 7) is 0. The van der Waals surface area contributed by atoms with Gasteiger partial charge in [-0.05, 0) is 18.2 Å². The molecule has 0 unspecified atom stereocenters. The van der Waals surface area contributed by atoms with E-state index in [9.17, 15) is 43.9 Å². The summed E-state index contributed by atoms with van der Waals surface area (Å²) in [6, 6.07) is 6.96. The van der Waals surface area contributed by atoms with Crippen LogP contribution in [0.15, 0.2) is 36.4 Å². The van der Waals surface area contributed by atoms with Gasteiger partial charge in [0.25, 0.3) is 0 Å². The molecule has 6 nitrogen and oxygen atoms in total. The molecule has 0 saturated heterocycles. The first-order valence-electron chi connectivity index (χ1n) is 7.77. The number of aromatic nitrogens is 1. The highest BCUT2D eigenvalue weighted by molar-refractivity contribution is 7.88. The number of hydrogen-bond donors (Lipinski definition) is 1. The lowest BCUT2D eigenvalue weighted by molar-refractivity contribution is -0.167. The number of thiazole rings is 1. The fourth-order valence-electron chi connectivity index (χ4n) is 2.23. The molecule has 0 radical (unpaired) electrons. The highest BCUT2D eigenvalue weighted by Gasteiger charge is 2.49. The van der Waals surface area contributed by atoms with Gasteiger partial charge in [0.1, 0.15) is 10.8 Å². The number of para-hydroxylation sites is 1. The topological polar surface area (TPSA) is 85.4 Å². The molecule has 0 bridgehead atoms. The lowest BCUT2D eigenvalue weighted by Gasteiger charge is -2.15. The van der Waals surface area contributed by atoms with Crippen LogP contribution in [0.3, 0.4) is 0 Å². The van der Waals surface area contributed by atoms with E-state index in [1.54, 1.807) is 18.2 Å². The van der Waals surface area contributed by atoms with Crippen molar-refractivity contribution < 1.29 is 48.1 Å². The van der Waals surface area contributed by atoms with E-state index in [1.807, 2.05) is 0 Å². The van der Waals surface area contributed by atoms with E-state index in [-0.39, 0.29) is 11.1 Å². The van der Waals surface area contributed by atoms with Crippen LogP contribution >= 0.6 is 11.3 Å². The highest BCUT2D eigenvalue weighted by Crippen LogP contribution is 2.39. The summed E-state index contributed by atoms with van der Waals surface area (Å²) in [7, 11) is -6.35. The van der Waals surface area contributed by atoms with Crippen LogP contribution in [-0.2, 0) is 14.9 Å². The second-order valence-electron chi connectivity index (χ2n) is 5.75. The molecule has 1 amide bonds. The van der Waals surface area contributed by atoms with Crippen molar-refractivity contribution in [1.29, 1.82) is 0 Å². The van der Waals surface area contributed by atoms with Crippen LogP contribution in [0.5, 0.6) is 5.75 Å². The number of nitrogens with one attached hydrogen (secondary N) is 1. The third-order valence-corrected chi connectivity index (χ3v) is 5.62. The number of carbonyl (C=O) groups is 1. The van der Waals surface area contributed by atoms with E-state index < -0.39 is 50.5 Å². The minimum absolute atomic E-state index is 0.123. The Bertz CT molecular complexity index is 1230. The van der Waals surface area contributed by atoms with Crippen LogP contribution in [0.25, 0.3) is 20.8 Å². The van der Waals surface area contributed by atoms with Crippen molar-refractivity contribution in [2.45, 2.75) is 11.7 Å². The molecule has 3 rings (SSSR count). The smallest absolute Gasteiger partial charge is 0.374 e. The summed E-state index contributed by atoms with van der Waals surface area (Å²) < 4.78 is 117. The van der Waals surface area contributed by atoms with Gasteiger partial charge >= 0.3 is 27.7 Å². The number of fused-ring (bicyclic) bond motifs is 1. The van der Waals surface area contributed by atoms with Gasteiger partial charge in [-0.1, -0.05) is 12.1 Å². The molecule has 0 aliphatic heterocycles. The highest BCUT2D eigenvalue weighted by atomic mass is 32.2. The number of rotatable bonds is 4. The first-order valence-corrected chi connectivity index (χ1v) is 10.00. The molecule has 2 aromatic carbocycles. The Hall–Kier alpha value is -2.94. The number of alkyl halides is 6. The molecule has 0 spiro atoms. The number of halogens is 7. The van der Waals surface area contributed by atoms with Gasteiger partial charge in [-0.2, -0.15) is 34.8 Å². The molecule has 1 N–H and O–H groups in total. The zero-order chi connectivity index (χ0) is 23.2. The molecule has 15 heteroatoms. The fraction of sp³-hybridized carbons (Fsp3) is 0.125. The van der Waals surface area contributed by atoms with Gasteiger partial charge < -0.3 is 9.50 Å². The predicted octanol–water partition coefficient (Wildman–Crippen LogP) is 4.83. The maximum Gasteiger partial charge on any atom is 0.534 e. The molecule has 3 aromatic rings. The van der Waals surface area contributed by atoms with Crippen molar-refractivity contribution in [2.75, 3.05) is 5.32 Å². The molecule has 1 heterocycles. The molecule has 1 aromatic heterocycles. The molecule has 0 fully saturated rings. The maximum atomic E-state index is 14.6. The minimum Gasteiger partial charge on any atom is -0.374 e. The van der Waals surface area contributed by atoms with E-state index >= 15 is 0 Å². The number of carbonyl (C=O) groups excluding carboxylic acids is 1. The predicted molar refractivity (Wildman–Crippen MR) is 95.3 cm³/mol. The van der Waals surface area contributed by atoms with Gasteiger partial charge in [-0.15, -0.1) is 11.3 Å². The van der Waals surface area contributed by atoms with E-state index in [4.69, 9.17) is 0 Å². The molecular formula is C16H7F7N2O4S2. The average Bonchev–Trinajstić information content (AvgIpc) is 3.05. The molecule has 31 heavy (non-hydrogen) atoms. The van der Waals surface area contributed by atoms with E-state index in [1.165, 1.54) is 6.07 Å². The third kappa shape index (κ3) is 4.71. The molecule has 0 aliphatic carbocycles. The maximum absolute atomic E-state index is 14.6. The van der Waals surface area contributed by atoms with E-state index in [0.717, 1.165) is 16.7 Å². The zero-order valence-electron chi connectivity index (χ0n) is 14.5. The molecular weight excluding hydrogens is 481 g/mol. The number of anilines is 1. The molecule has 0 aliphatic rings. The van der Waals surface area contributed by atoms with Crippen LogP contribution in [0.2, 0.25) is 0 Å². The monoisotopic (exact) mass is 488 g/mol. The van der Waals surface area contributed by atoms with Crippen molar-refractivity contribution in [3.8, 4) is 16.3 Å². The van der Waals surface area contributed by atoms with E-state index in [0.29, 0.717) is 16.3 Å². The Kier molecular flexibility index (Phi) is 5.60. The second-order valence-corrected chi connectivity index (χ2v) is 8.32. The molecule has 166 valence electrons. The zero-order valence-corrected chi connectivity index (χ0v) is 16.1. The first-order chi connectivity index (χ1) is 14.2. The summed E-state index contributed by atoms with van der Waals surface area (Å²) in [5, 5.41) is 0.969. The van der Waals surface area contributed by atoms with Gasteiger partial charge in [0.2, 0.25) is 0 Å². The van der Waals surface area contributed by atoms with Crippen LogP contribution in [-0.4, -0.2) is 31.0 Å². The summed E-state index contributed by atoms with van der Waals surface area (Å²) in [4.78, 5) is 15.2. The summed E-state index contributed by atoms with van der Waals surface area (Å²) in [6.07, 6.45) is -5.50. The van der Waals surface area contributed by atoms with Crippen LogP contribution in [0.1, 0.15) is 0 Å². The van der Waals surface area contributed by atoms with Crippen LogP contribution in [0.4, 0.5) is 36.4 Å². The van der Waals surface area contributed by atoms with Crippen molar-refractivity contribution in [3.63, 3.8) is 0 Å². The van der Waals surface area contributed by atoms with Gasteiger partial charge in [0, 0.05) is 6.07 Å². The number of benzene rings is 2. The Morgan fingerprint density at radius 2 is 1.71 bits per heavy atom. The largest absolute Gasteiger partial charge is 0.534 e. The molecule has 0 atom stereocenters. The minimum atomic E-state index is -6.35. The number of amides is 1. The van der Waals surface area contributed by atoms with Crippen molar-refractivity contribution >= 4 is 43.3 Å². The lowest BCUT2D eigenvalue weighted by atomic mass is 10.1. The fourth-order valence-corrected chi connectivity index (χ4v) is 3.68. The Balaban J connectivity index is 2.15. The van der Waals surface area contributed by atoms with Gasteiger partial charge in [-0.3, -0.25) is 4.79 Å². The Morgan fingerprint density at radius 1 is 1.06 bits per heavy atom. The van der Waals surface area contributed by atoms with Crippen molar-refractivity contribution in [2.24, 2.45) is 0 Å². The second kappa shape index (κ2) is 7.64. The quantitative estimate of drug-likeness (QED) is 0.323. The summed E-state index contributed by atoms with van der Waals surface area (Å²) in [5.74, 6) is -5.37. The van der Waals surface area contributed by atoms with Crippen LogP contribution in [0, 0.1) is 5.82 Å². The van der Waals surface area contributed by atoms with Gasteiger partial charge in [-0.25, -0.2) is 9.37 Å². The number of nitrogens with zero attached hydrogens (tertiary/aromatic N) is 1. The van der Waals surface area contributed by atoms with E-state index in [2.05, 4.69) is 9.17 Å².